The lowest BCUT2D eigenvalue weighted by molar-refractivity contribution is -0.153. The van der Waals surface area contributed by atoms with Crippen LogP contribution in [0.3, 0.4) is 0 Å². The number of hydrogen-bond acceptors (Lipinski definition) is 4. The average Bonchev–Trinajstić information content (AvgIpc) is 3.16. The molecule has 0 radical (unpaired) electrons. The van der Waals surface area contributed by atoms with Crippen molar-refractivity contribution >= 4 is 17.2 Å². The lowest BCUT2D eigenvalue weighted by Crippen LogP contribution is -2.44. The quantitative estimate of drug-likeness (QED) is 0.797. The van der Waals surface area contributed by atoms with Crippen LogP contribution in [-0.4, -0.2) is 42.7 Å². The minimum absolute atomic E-state index is 0.0297. The van der Waals surface area contributed by atoms with E-state index in [1.807, 2.05) is 23.6 Å². The number of hydrogen-bond donors (Lipinski definition) is 1. The van der Waals surface area contributed by atoms with Crippen LogP contribution in [0.5, 0.6) is 5.75 Å². The summed E-state index contributed by atoms with van der Waals surface area (Å²) in [4.78, 5) is 15.1. The Kier molecular flexibility index (Phi) is 6.38. The molecule has 1 amide bonds. The molecule has 1 aromatic carbocycles. The molecule has 0 spiro atoms. The Balaban J connectivity index is 1.45. The largest absolute Gasteiger partial charge is 0.484 e. The summed E-state index contributed by atoms with van der Waals surface area (Å²) in [6, 6.07) is 10.6. The topological polar surface area (TPSA) is 41.6 Å². The molecular formula is C19H21F3N2O2S. The van der Waals surface area contributed by atoms with E-state index in [-0.39, 0.29) is 17.7 Å². The number of carbonyl (C=O) groups is 1. The first-order chi connectivity index (χ1) is 12.9. The molecule has 1 fully saturated rings. The zero-order chi connectivity index (χ0) is 19.3. The van der Waals surface area contributed by atoms with Gasteiger partial charge in [-0.1, -0.05) is 18.2 Å². The molecule has 4 nitrogen and oxygen atoms in total. The molecular weight excluding hydrogens is 377 g/mol. The second-order valence-corrected chi connectivity index (χ2v) is 7.50. The lowest BCUT2D eigenvalue weighted by Gasteiger charge is -2.32. The van der Waals surface area contributed by atoms with Gasteiger partial charge in [0.2, 0.25) is 0 Å². The number of piperidine rings is 1. The minimum atomic E-state index is -4.34. The van der Waals surface area contributed by atoms with Gasteiger partial charge in [-0.25, -0.2) is 0 Å². The molecule has 1 aliphatic heterocycles. The van der Waals surface area contributed by atoms with Crippen LogP contribution in [0.4, 0.5) is 13.2 Å². The van der Waals surface area contributed by atoms with Gasteiger partial charge in [-0.05, 0) is 42.0 Å². The standard InChI is InChI=1S/C19H21F3N2O2S/c20-19(21,22)13-26-16-4-1-3-14(11-16)12-24-8-6-15(7-9-24)23-18(25)17-5-2-10-27-17/h1-5,10-11,15H,6-9,12-13H2,(H,23,25). The summed E-state index contributed by atoms with van der Waals surface area (Å²) in [7, 11) is 0. The van der Waals surface area contributed by atoms with Gasteiger partial charge in [0.25, 0.3) is 5.91 Å². The Morgan fingerprint density at radius 1 is 1.22 bits per heavy atom. The predicted molar refractivity (Wildman–Crippen MR) is 98.1 cm³/mol. The number of carbonyl (C=O) groups excluding carboxylic acids is 1. The van der Waals surface area contributed by atoms with E-state index in [2.05, 4.69) is 10.2 Å². The molecule has 2 aromatic rings. The minimum Gasteiger partial charge on any atom is -0.484 e. The second kappa shape index (κ2) is 8.75. The summed E-state index contributed by atoms with van der Waals surface area (Å²) in [6.45, 7) is 1.01. The third-order valence-corrected chi connectivity index (χ3v) is 5.24. The number of rotatable bonds is 6. The third kappa shape index (κ3) is 6.25. The van der Waals surface area contributed by atoms with Crippen LogP contribution in [0, 0.1) is 0 Å². The number of nitrogens with one attached hydrogen (secondary N) is 1. The molecule has 1 aromatic heterocycles. The summed E-state index contributed by atoms with van der Waals surface area (Å²) in [5.74, 6) is 0.195. The van der Waals surface area contributed by atoms with E-state index in [0.29, 0.717) is 11.4 Å². The van der Waals surface area contributed by atoms with E-state index < -0.39 is 12.8 Å². The van der Waals surface area contributed by atoms with Crippen molar-refractivity contribution in [2.75, 3.05) is 19.7 Å². The number of thiophene rings is 1. The molecule has 1 aliphatic rings. The first-order valence-corrected chi connectivity index (χ1v) is 9.62. The number of likely N-dealkylation sites (tertiary alicyclic amines) is 1. The number of halogens is 3. The van der Waals surface area contributed by atoms with Gasteiger partial charge < -0.3 is 10.1 Å². The number of alkyl halides is 3. The normalized spacial score (nSPS) is 16.3. The van der Waals surface area contributed by atoms with Gasteiger partial charge in [-0.3, -0.25) is 9.69 Å². The highest BCUT2D eigenvalue weighted by atomic mass is 32.1. The van der Waals surface area contributed by atoms with Gasteiger partial charge >= 0.3 is 6.18 Å². The Morgan fingerprint density at radius 3 is 2.67 bits per heavy atom. The smallest absolute Gasteiger partial charge is 0.422 e. The van der Waals surface area contributed by atoms with Gasteiger partial charge in [-0.15, -0.1) is 11.3 Å². The van der Waals surface area contributed by atoms with Crippen LogP contribution >= 0.6 is 11.3 Å². The SMILES string of the molecule is O=C(NC1CCN(Cc2cccc(OCC(F)(F)F)c2)CC1)c1cccs1. The summed E-state index contributed by atoms with van der Waals surface area (Å²) < 4.78 is 41.6. The highest BCUT2D eigenvalue weighted by molar-refractivity contribution is 7.12. The van der Waals surface area contributed by atoms with Crippen LogP contribution in [0.2, 0.25) is 0 Å². The molecule has 0 bridgehead atoms. The van der Waals surface area contributed by atoms with Crippen molar-refractivity contribution in [3.63, 3.8) is 0 Å². The molecule has 0 atom stereocenters. The summed E-state index contributed by atoms with van der Waals surface area (Å²) in [6.07, 6.45) is -2.64. The third-order valence-electron chi connectivity index (χ3n) is 4.37. The Labute approximate surface area is 159 Å². The average molecular weight is 398 g/mol. The van der Waals surface area contributed by atoms with E-state index in [1.165, 1.54) is 17.4 Å². The van der Waals surface area contributed by atoms with Crippen LogP contribution < -0.4 is 10.1 Å². The van der Waals surface area contributed by atoms with Gasteiger partial charge in [0.05, 0.1) is 4.88 Å². The molecule has 1 N–H and O–H groups in total. The zero-order valence-electron chi connectivity index (χ0n) is 14.7. The van der Waals surface area contributed by atoms with Crippen molar-refractivity contribution in [2.45, 2.75) is 31.6 Å². The Hall–Kier alpha value is -2.06. The zero-order valence-corrected chi connectivity index (χ0v) is 15.5. The number of ether oxygens (including phenoxy) is 1. The predicted octanol–water partition coefficient (Wildman–Crippen LogP) is 4.08. The monoisotopic (exact) mass is 398 g/mol. The second-order valence-electron chi connectivity index (χ2n) is 6.55. The van der Waals surface area contributed by atoms with E-state index >= 15 is 0 Å². The highest BCUT2D eigenvalue weighted by Gasteiger charge is 2.28. The van der Waals surface area contributed by atoms with E-state index in [0.717, 1.165) is 31.5 Å². The van der Waals surface area contributed by atoms with Gasteiger partial charge in [0.15, 0.2) is 6.61 Å². The fourth-order valence-electron chi connectivity index (χ4n) is 3.06. The van der Waals surface area contributed by atoms with Crippen LogP contribution in [0.1, 0.15) is 28.1 Å². The highest BCUT2D eigenvalue weighted by Crippen LogP contribution is 2.21. The van der Waals surface area contributed by atoms with Crippen molar-refractivity contribution < 1.29 is 22.7 Å². The van der Waals surface area contributed by atoms with Crippen molar-refractivity contribution in [2.24, 2.45) is 0 Å². The summed E-state index contributed by atoms with van der Waals surface area (Å²) >= 11 is 1.42. The van der Waals surface area contributed by atoms with Crippen LogP contribution in [0.25, 0.3) is 0 Å². The van der Waals surface area contributed by atoms with Crippen LogP contribution in [-0.2, 0) is 6.54 Å². The molecule has 0 aliphatic carbocycles. The molecule has 0 unspecified atom stereocenters. The fraction of sp³-hybridized carbons (Fsp3) is 0.421. The molecule has 27 heavy (non-hydrogen) atoms. The molecule has 146 valence electrons. The van der Waals surface area contributed by atoms with E-state index in [1.54, 1.807) is 12.1 Å². The van der Waals surface area contributed by atoms with Crippen LogP contribution in [0.15, 0.2) is 41.8 Å². The van der Waals surface area contributed by atoms with Gasteiger partial charge in [0.1, 0.15) is 5.75 Å². The number of benzene rings is 1. The van der Waals surface area contributed by atoms with Crippen molar-refractivity contribution in [3.05, 3.63) is 52.2 Å². The van der Waals surface area contributed by atoms with Gasteiger partial charge in [-0.2, -0.15) is 13.2 Å². The number of amides is 1. The maximum absolute atomic E-state index is 12.3. The fourth-order valence-corrected chi connectivity index (χ4v) is 3.68. The molecule has 1 saturated heterocycles. The summed E-state index contributed by atoms with van der Waals surface area (Å²) in [5.41, 5.74) is 0.913. The molecule has 8 heteroatoms. The van der Waals surface area contributed by atoms with Gasteiger partial charge in [0, 0.05) is 25.7 Å². The maximum Gasteiger partial charge on any atom is 0.422 e. The first-order valence-electron chi connectivity index (χ1n) is 8.74. The van der Waals surface area contributed by atoms with E-state index in [9.17, 15) is 18.0 Å². The van der Waals surface area contributed by atoms with Crippen molar-refractivity contribution in [1.29, 1.82) is 0 Å². The lowest BCUT2D eigenvalue weighted by atomic mass is 10.0. The molecule has 0 saturated carbocycles. The first kappa shape index (κ1) is 19.7. The summed E-state index contributed by atoms with van der Waals surface area (Å²) in [5, 5.41) is 4.94. The number of nitrogens with zero attached hydrogens (tertiary/aromatic N) is 1. The molecule has 3 rings (SSSR count). The Bertz CT molecular complexity index is 742. The van der Waals surface area contributed by atoms with E-state index in [4.69, 9.17) is 4.74 Å². The molecule has 2 heterocycles. The van der Waals surface area contributed by atoms with Crippen molar-refractivity contribution in [3.8, 4) is 5.75 Å². The Morgan fingerprint density at radius 2 is 2.00 bits per heavy atom. The van der Waals surface area contributed by atoms with Crippen molar-refractivity contribution in [1.82, 2.24) is 10.2 Å². The maximum atomic E-state index is 12.3.